The molecule has 10 nitrogen and oxygen atoms in total. The third-order valence-corrected chi connectivity index (χ3v) is 10.5. The van der Waals surface area contributed by atoms with Crippen molar-refractivity contribution in [3.63, 3.8) is 0 Å². The highest BCUT2D eigenvalue weighted by atomic mass is 15.1. The van der Waals surface area contributed by atoms with Gasteiger partial charge in [0, 0.05) is 33.6 Å². The fourth-order valence-corrected chi connectivity index (χ4v) is 7.63. The summed E-state index contributed by atoms with van der Waals surface area (Å²) in [6.07, 6.45) is 6.31. The van der Waals surface area contributed by atoms with Crippen molar-refractivity contribution in [2.45, 2.75) is 0 Å². The summed E-state index contributed by atoms with van der Waals surface area (Å²) in [5, 5.41) is 8.70. The molecule has 58 heavy (non-hydrogen) atoms. The van der Waals surface area contributed by atoms with Gasteiger partial charge in [0.2, 0.25) is 0 Å². The molecular formula is C48H28N10. The number of hydrogen-bond acceptors (Lipinski definition) is 8. The molecule has 11 aromatic rings. The molecule has 0 aliphatic heterocycles. The van der Waals surface area contributed by atoms with Gasteiger partial charge in [0.15, 0.2) is 34.0 Å². The van der Waals surface area contributed by atoms with E-state index in [1.165, 1.54) is 12.7 Å². The summed E-state index contributed by atoms with van der Waals surface area (Å²) in [7, 11) is 0. The Morgan fingerprint density at radius 2 is 0.759 bits per heavy atom. The first-order valence-electron chi connectivity index (χ1n) is 18.5. The van der Waals surface area contributed by atoms with Gasteiger partial charge < -0.3 is 11.5 Å². The van der Waals surface area contributed by atoms with Crippen molar-refractivity contribution in [2.24, 2.45) is 0 Å². The van der Waals surface area contributed by atoms with Gasteiger partial charge in [-0.1, -0.05) is 72.2 Å². The van der Waals surface area contributed by atoms with E-state index in [9.17, 15) is 0 Å². The van der Waals surface area contributed by atoms with Gasteiger partial charge in [0.1, 0.15) is 25.3 Å². The quantitative estimate of drug-likeness (QED) is 0.133. The van der Waals surface area contributed by atoms with Crippen LogP contribution in [0.2, 0.25) is 0 Å². The van der Waals surface area contributed by atoms with Crippen LogP contribution in [0.15, 0.2) is 147 Å². The summed E-state index contributed by atoms with van der Waals surface area (Å²) >= 11 is 0. The zero-order chi connectivity index (χ0) is 38.7. The average Bonchev–Trinajstić information content (AvgIpc) is 3.91. The highest BCUT2D eigenvalue weighted by Gasteiger charge is 2.16. The Kier molecular flexibility index (Phi) is 7.36. The molecule has 0 saturated carbocycles. The van der Waals surface area contributed by atoms with Crippen molar-refractivity contribution in [2.75, 3.05) is 11.5 Å². The monoisotopic (exact) mass is 744 g/mol. The van der Waals surface area contributed by atoms with Crippen LogP contribution in [0, 0.1) is 23.7 Å². The van der Waals surface area contributed by atoms with E-state index < -0.39 is 0 Å². The lowest BCUT2D eigenvalue weighted by Gasteiger charge is -2.14. The molecule has 0 spiro atoms. The van der Waals surface area contributed by atoms with Gasteiger partial charge in [-0.05, 0) is 116 Å². The third-order valence-electron chi connectivity index (χ3n) is 10.5. The minimum atomic E-state index is 0.347. The number of imidazole rings is 2. The van der Waals surface area contributed by atoms with Crippen molar-refractivity contribution >= 4 is 77.1 Å². The van der Waals surface area contributed by atoms with Gasteiger partial charge in [-0.25, -0.2) is 29.9 Å². The van der Waals surface area contributed by atoms with Crippen molar-refractivity contribution in [1.82, 2.24) is 39.0 Å². The molecule has 0 amide bonds. The molecule has 0 unspecified atom stereocenters. The average molecular weight is 745 g/mol. The van der Waals surface area contributed by atoms with E-state index in [2.05, 4.69) is 126 Å². The Bertz CT molecular complexity index is 3260. The molecule has 270 valence electrons. The molecular weight excluding hydrogens is 717 g/mol. The summed E-state index contributed by atoms with van der Waals surface area (Å²) < 4.78 is 3.78. The van der Waals surface area contributed by atoms with E-state index in [-0.39, 0.29) is 0 Å². The summed E-state index contributed by atoms with van der Waals surface area (Å²) in [4.78, 5) is 25.8. The summed E-state index contributed by atoms with van der Waals surface area (Å²) in [5.41, 5.74) is 19.9. The summed E-state index contributed by atoms with van der Waals surface area (Å²) in [5.74, 6) is 14.9. The fourth-order valence-electron chi connectivity index (χ4n) is 7.63. The van der Waals surface area contributed by atoms with Crippen LogP contribution >= 0.6 is 0 Å². The maximum atomic E-state index is 6.04. The third kappa shape index (κ3) is 5.41. The first-order chi connectivity index (χ1) is 28.6. The summed E-state index contributed by atoms with van der Waals surface area (Å²) in [6, 6.07) is 41.9. The number of nitrogens with two attached hydrogens (primary N) is 2. The Morgan fingerprint density at radius 1 is 0.397 bits per heavy atom. The highest BCUT2D eigenvalue weighted by Crippen LogP contribution is 2.37. The second-order valence-corrected chi connectivity index (χ2v) is 13.9. The molecule has 0 radical (unpaired) electrons. The molecule has 7 aromatic carbocycles. The Morgan fingerprint density at radius 3 is 1.12 bits per heavy atom. The van der Waals surface area contributed by atoms with Crippen LogP contribution in [0.3, 0.4) is 0 Å². The molecule has 0 atom stereocenters. The summed E-state index contributed by atoms with van der Waals surface area (Å²) in [6.45, 7) is 0. The zero-order valence-corrected chi connectivity index (χ0v) is 30.6. The van der Waals surface area contributed by atoms with Crippen LogP contribution in [-0.4, -0.2) is 39.0 Å². The second kappa shape index (κ2) is 13.0. The standard InChI is InChI=1S/C48H28N10/c49-45-43-47(53-25-51-45)57(27-55-43)35-15-9-29(10-16-35)13-19-37-39-21-31-5-1-2-6-32(31)22-40(39)38(42-24-34-8-4-3-7-33(34)23-41(37)42)20-14-30-11-17-36(18-12-30)58-28-56-44-46(50)52-26-54-48(44)58/h1-12,15-18,21-28H,(H2,49,51,53)(H2,50,52,54). The lowest BCUT2D eigenvalue weighted by atomic mass is 9.88. The van der Waals surface area contributed by atoms with Gasteiger partial charge >= 0.3 is 0 Å². The minimum Gasteiger partial charge on any atom is -0.382 e. The van der Waals surface area contributed by atoms with Crippen molar-refractivity contribution in [3.8, 4) is 35.1 Å². The van der Waals surface area contributed by atoms with Crippen LogP contribution in [-0.2, 0) is 0 Å². The van der Waals surface area contributed by atoms with Crippen molar-refractivity contribution in [3.05, 3.63) is 169 Å². The number of rotatable bonds is 2. The zero-order valence-electron chi connectivity index (χ0n) is 30.6. The number of hydrogen-bond donors (Lipinski definition) is 2. The number of nitrogen functional groups attached to an aromatic ring is 2. The molecule has 11 rings (SSSR count). The van der Waals surface area contributed by atoms with Gasteiger partial charge in [0.05, 0.1) is 0 Å². The van der Waals surface area contributed by atoms with E-state index in [1.807, 2.05) is 57.7 Å². The number of anilines is 2. The van der Waals surface area contributed by atoms with Gasteiger partial charge in [0.25, 0.3) is 0 Å². The van der Waals surface area contributed by atoms with Crippen molar-refractivity contribution < 1.29 is 0 Å². The van der Waals surface area contributed by atoms with Crippen LogP contribution < -0.4 is 11.5 Å². The number of fused-ring (bicyclic) bond motifs is 6. The predicted molar refractivity (Wildman–Crippen MR) is 231 cm³/mol. The topological polar surface area (TPSA) is 139 Å². The Labute approximate surface area is 330 Å². The minimum absolute atomic E-state index is 0.347. The van der Waals surface area contributed by atoms with Crippen LogP contribution in [0.4, 0.5) is 11.6 Å². The Hall–Kier alpha value is -8.60. The molecule has 4 aromatic heterocycles. The maximum absolute atomic E-state index is 6.04. The van der Waals surface area contributed by atoms with Crippen molar-refractivity contribution in [1.29, 1.82) is 0 Å². The number of nitrogens with zero attached hydrogens (tertiary/aromatic N) is 8. The molecule has 0 bridgehead atoms. The van der Waals surface area contributed by atoms with Gasteiger partial charge in [-0.15, -0.1) is 0 Å². The first kappa shape index (κ1) is 32.8. The normalized spacial score (nSPS) is 11.3. The van der Waals surface area contributed by atoms with E-state index >= 15 is 0 Å². The molecule has 0 saturated heterocycles. The van der Waals surface area contributed by atoms with Gasteiger partial charge in [-0.3, -0.25) is 9.13 Å². The van der Waals surface area contributed by atoms with E-state index in [1.54, 1.807) is 12.7 Å². The van der Waals surface area contributed by atoms with E-state index in [0.717, 1.165) is 76.7 Å². The molecule has 4 heterocycles. The number of aromatic nitrogens is 8. The van der Waals surface area contributed by atoms with Gasteiger partial charge in [-0.2, -0.15) is 0 Å². The molecule has 4 N–H and O–H groups in total. The van der Waals surface area contributed by atoms with Crippen LogP contribution in [0.5, 0.6) is 0 Å². The lowest BCUT2D eigenvalue weighted by Crippen LogP contribution is -1.97. The molecule has 0 fully saturated rings. The fraction of sp³-hybridized carbons (Fsp3) is 0. The molecule has 0 aliphatic rings. The molecule has 10 heteroatoms. The maximum Gasteiger partial charge on any atom is 0.170 e. The lowest BCUT2D eigenvalue weighted by molar-refractivity contribution is 1.06. The smallest absolute Gasteiger partial charge is 0.170 e. The second-order valence-electron chi connectivity index (χ2n) is 13.9. The molecule has 0 aliphatic carbocycles. The van der Waals surface area contributed by atoms with Crippen LogP contribution in [0.1, 0.15) is 22.3 Å². The highest BCUT2D eigenvalue weighted by molar-refractivity contribution is 6.16. The van der Waals surface area contributed by atoms with E-state index in [4.69, 9.17) is 11.5 Å². The first-order valence-corrected chi connectivity index (χ1v) is 18.5. The van der Waals surface area contributed by atoms with E-state index in [0.29, 0.717) is 34.0 Å². The Balaban J connectivity index is 1.06. The predicted octanol–water partition coefficient (Wildman–Crippen LogP) is 8.52. The SMILES string of the molecule is Nc1ncnc2c1ncn2-c1ccc(C#Cc2c3cc4ccccc4cc3c(C#Cc3ccc(-n4cnc5c(N)ncnc54)cc3)c3cc4ccccc4cc23)cc1. The number of benzene rings is 7. The largest absolute Gasteiger partial charge is 0.382 e. The van der Waals surface area contributed by atoms with Crippen LogP contribution in [0.25, 0.3) is 76.8 Å².